The maximum absolute atomic E-state index is 13.2. The topological polar surface area (TPSA) is 66.9 Å². The van der Waals surface area contributed by atoms with Gasteiger partial charge in [0.2, 0.25) is 5.88 Å². The van der Waals surface area contributed by atoms with E-state index in [0.717, 1.165) is 36.4 Å². The molecule has 3 aromatic rings. The Morgan fingerprint density at radius 1 is 1.20 bits per heavy atom. The first-order valence-corrected chi connectivity index (χ1v) is 8.15. The zero-order valence-corrected chi connectivity index (χ0v) is 13.4. The molecule has 2 aromatic carbocycles. The maximum Gasteiger partial charge on any atom is 0.295 e. The Morgan fingerprint density at radius 2 is 2.00 bits per heavy atom. The third kappa shape index (κ3) is 3.03. The molecule has 0 saturated heterocycles. The van der Waals surface area contributed by atoms with Crippen LogP contribution in [0, 0.1) is 11.7 Å². The van der Waals surface area contributed by atoms with Crippen LogP contribution in [0.15, 0.2) is 58.8 Å². The summed E-state index contributed by atoms with van der Waals surface area (Å²) < 4.78 is 15.0. The highest BCUT2D eigenvalue weighted by Crippen LogP contribution is 2.41. The van der Waals surface area contributed by atoms with Gasteiger partial charge >= 0.3 is 0 Å². The van der Waals surface area contributed by atoms with Gasteiger partial charge in [-0.1, -0.05) is 24.3 Å². The van der Waals surface area contributed by atoms with E-state index in [0.29, 0.717) is 5.92 Å². The van der Waals surface area contributed by atoms with Crippen molar-refractivity contribution in [3.05, 3.63) is 59.9 Å². The van der Waals surface area contributed by atoms with Crippen molar-refractivity contribution in [1.82, 2.24) is 4.57 Å². The molecule has 1 aliphatic carbocycles. The number of carbonyl (C=O) groups is 1. The van der Waals surface area contributed by atoms with E-state index in [2.05, 4.69) is 10.2 Å². The van der Waals surface area contributed by atoms with E-state index in [-0.39, 0.29) is 17.1 Å². The van der Waals surface area contributed by atoms with Crippen LogP contribution in [0.25, 0.3) is 10.9 Å². The Kier molecular flexibility index (Phi) is 3.80. The Bertz CT molecular complexity index is 989. The lowest BCUT2D eigenvalue weighted by molar-refractivity contribution is 0.0994. The van der Waals surface area contributed by atoms with Crippen molar-refractivity contribution >= 4 is 22.5 Å². The first-order valence-electron chi connectivity index (χ1n) is 8.15. The third-order valence-electron chi connectivity index (χ3n) is 4.37. The Hall–Kier alpha value is -3.02. The van der Waals surface area contributed by atoms with Crippen LogP contribution in [-0.4, -0.2) is 15.6 Å². The number of rotatable bonds is 4. The van der Waals surface area contributed by atoms with Gasteiger partial charge in [-0.2, -0.15) is 0 Å². The molecule has 1 N–H and O–H groups in total. The maximum atomic E-state index is 13.2. The summed E-state index contributed by atoms with van der Waals surface area (Å²) in [6.07, 6.45) is 2.31. The summed E-state index contributed by atoms with van der Waals surface area (Å²) in [4.78, 5) is 12.1. The van der Waals surface area contributed by atoms with Gasteiger partial charge in [0.15, 0.2) is 5.69 Å². The van der Waals surface area contributed by atoms with Gasteiger partial charge in [-0.3, -0.25) is 4.79 Å². The highest BCUT2D eigenvalue weighted by molar-refractivity contribution is 5.97. The van der Waals surface area contributed by atoms with Gasteiger partial charge in [-0.15, -0.1) is 10.2 Å². The number of aromatic nitrogens is 1. The molecule has 4 rings (SSSR count). The van der Waals surface area contributed by atoms with Crippen LogP contribution in [0.5, 0.6) is 5.88 Å². The molecule has 1 amide bonds. The monoisotopic (exact) mass is 337 g/mol. The van der Waals surface area contributed by atoms with Crippen LogP contribution in [-0.2, 0) is 6.54 Å². The lowest BCUT2D eigenvalue weighted by Crippen LogP contribution is -1.98. The quantitative estimate of drug-likeness (QED) is 0.694. The minimum atomic E-state index is -0.655. The van der Waals surface area contributed by atoms with Crippen LogP contribution < -0.4 is 0 Å². The molecule has 1 saturated carbocycles. The zero-order chi connectivity index (χ0) is 17.4. The van der Waals surface area contributed by atoms with Crippen molar-refractivity contribution in [3.8, 4) is 5.88 Å². The number of hydrogen-bond acceptors (Lipinski definition) is 3. The van der Waals surface area contributed by atoms with Crippen LogP contribution in [0.1, 0.15) is 23.2 Å². The third-order valence-corrected chi connectivity index (χ3v) is 4.37. The van der Waals surface area contributed by atoms with E-state index < -0.39 is 11.7 Å². The predicted molar refractivity (Wildman–Crippen MR) is 91.6 cm³/mol. The molecule has 6 heteroatoms. The van der Waals surface area contributed by atoms with Crippen molar-refractivity contribution in [2.75, 3.05) is 0 Å². The Labute approximate surface area is 143 Å². The van der Waals surface area contributed by atoms with Crippen LogP contribution in [0.3, 0.4) is 0 Å². The summed E-state index contributed by atoms with van der Waals surface area (Å²) in [5, 5.41) is 18.9. The number of para-hydroxylation sites is 1. The molecule has 0 aliphatic heterocycles. The normalized spacial score (nSPS) is 14.4. The van der Waals surface area contributed by atoms with Crippen LogP contribution >= 0.6 is 0 Å². The van der Waals surface area contributed by atoms with Crippen molar-refractivity contribution < 1.29 is 14.3 Å². The number of hydrogen-bond donors (Lipinski definition) is 1. The van der Waals surface area contributed by atoms with E-state index >= 15 is 0 Å². The highest BCUT2D eigenvalue weighted by atomic mass is 19.1. The molecular formula is C19H16FN3O2. The molecule has 0 spiro atoms. The van der Waals surface area contributed by atoms with Crippen LogP contribution in [0.4, 0.5) is 10.1 Å². The fraction of sp³-hybridized carbons (Fsp3) is 0.211. The van der Waals surface area contributed by atoms with E-state index in [1.54, 1.807) is 0 Å². The second-order valence-corrected chi connectivity index (χ2v) is 6.26. The van der Waals surface area contributed by atoms with Crippen molar-refractivity contribution in [2.45, 2.75) is 19.4 Å². The molecule has 1 heterocycles. The molecule has 1 aromatic heterocycles. The van der Waals surface area contributed by atoms with Crippen molar-refractivity contribution in [2.24, 2.45) is 16.1 Å². The van der Waals surface area contributed by atoms with Crippen molar-refractivity contribution in [3.63, 3.8) is 0 Å². The molecule has 1 fully saturated rings. The van der Waals surface area contributed by atoms with Gasteiger partial charge in [0, 0.05) is 17.5 Å². The summed E-state index contributed by atoms with van der Waals surface area (Å²) in [6.45, 7) is 0.722. The largest absolute Gasteiger partial charge is 0.493 e. The number of halogens is 1. The predicted octanol–water partition coefficient (Wildman–Crippen LogP) is 4.82. The van der Waals surface area contributed by atoms with Gasteiger partial charge in [0.05, 0.1) is 5.52 Å². The molecule has 5 nitrogen and oxygen atoms in total. The fourth-order valence-corrected chi connectivity index (χ4v) is 2.89. The SMILES string of the molecule is O=C(N=Nc1c(O)n(CC2CC2)c2ccccc12)c1cccc(F)c1. The van der Waals surface area contributed by atoms with E-state index in [9.17, 15) is 14.3 Å². The van der Waals surface area contributed by atoms with Crippen LogP contribution in [0.2, 0.25) is 0 Å². The van der Waals surface area contributed by atoms with Gasteiger partial charge in [-0.25, -0.2) is 4.39 Å². The molecule has 126 valence electrons. The summed E-state index contributed by atoms with van der Waals surface area (Å²) >= 11 is 0. The van der Waals surface area contributed by atoms with Gasteiger partial charge in [0.1, 0.15) is 5.82 Å². The van der Waals surface area contributed by atoms with E-state index in [4.69, 9.17) is 0 Å². The first kappa shape index (κ1) is 15.5. The smallest absolute Gasteiger partial charge is 0.295 e. The highest BCUT2D eigenvalue weighted by Gasteiger charge is 2.25. The summed E-state index contributed by atoms with van der Waals surface area (Å²) in [6, 6.07) is 12.8. The van der Waals surface area contributed by atoms with Gasteiger partial charge < -0.3 is 9.67 Å². The number of amides is 1. The summed E-state index contributed by atoms with van der Waals surface area (Å²) in [5.74, 6) is -0.591. The minimum absolute atomic E-state index is 0.00360. The number of fused-ring (bicyclic) bond motifs is 1. The number of nitrogens with zero attached hydrogens (tertiary/aromatic N) is 3. The summed E-state index contributed by atoms with van der Waals surface area (Å²) in [7, 11) is 0. The molecule has 0 atom stereocenters. The Morgan fingerprint density at radius 3 is 2.76 bits per heavy atom. The molecule has 0 unspecified atom stereocenters. The van der Waals surface area contributed by atoms with Gasteiger partial charge in [-0.05, 0) is 43.0 Å². The van der Waals surface area contributed by atoms with Gasteiger partial charge in [0.25, 0.3) is 5.91 Å². The number of azo groups is 1. The lowest BCUT2D eigenvalue weighted by atomic mass is 10.2. The summed E-state index contributed by atoms with van der Waals surface area (Å²) in [5.41, 5.74) is 1.24. The molecule has 0 bridgehead atoms. The lowest BCUT2D eigenvalue weighted by Gasteiger charge is -2.04. The molecule has 0 radical (unpaired) electrons. The van der Waals surface area contributed by atoms with E-state index in [1.165, 1.54) is 18.2 Å². The zero-order valence-electron chi connectivity index (χ0n) is 13.4. The average molecular weight is 337 g/mol. The van der Waals surface area contributed by atoms with E-state index in [1.807, 2.05) is 28.8 Å². The number of aromatic hydroxyl groups is 1. The Balaban J connectivity index is 1.71. The first-order chi connectivity index (χ1) is 12.1. The molecule has 1 aliphatic rings. The fourth-order valence-electron chi connectivity index (χ4n) is 2.89. The average Bonchev–Trinajstić information content (AvgIpc) is 3.40. The minimum Gasteiger partial charge on any atom is -0.493 e. The number of benzene rings is 2. The molecule has 25 heavy (non-hydrogen) atoms. The second-order valence-electron chi connectivity index (χ2n) is 6.26. The van der Waals surface area contributed by atoms with Crippen molar-refractivity contribution in [1.29, 1.82) is 0 Å². The number of carbonyl (C=O) groups excluding carboxylic acids is 1. The standard InChI is InChI=1S/C19H16FN3O2/c20-14-5-3-4-13(10-14)18(24)22-21-17-15-6-1-2-7-16(15)23(19(17)25)11-12-8-9-12/h1-7,10,12,25H,8-9,11H2. The molecular weight excluding hydrogens is 321 g/mol. The second kappa shape index (κ2) is 6.12.